The molecule has 0 aliphatic carbocycles. The standard InChI is InChI=1S/C11H22O4Si/c1-5-10(8-9(4)11(12)13)16(14-6-2)15-7-3/h8,10,16H,5-7H2,1-4H3,(H,12,13). The van der Waals surface area contributed by atoms with Crippen LogP contribution in [0.3, 0.4) is 0 Å². The predicted molar refractivity (Wildman–Crippen MR) is 65.8 cm³/mol. The molecule has 0 aliphatic heterocycles. The van der Waals surface area contributed by atoms with Crippen molar-refractivity contribution in [3.63, 3.8) is 0 Å². The van der Waals surface area contributed by atoms with E-state index in [0.29, 0.717) is 18.8 Å². The van der Waals surface area contributed by atoms with Gasteiger partial charge in [0.2, 0.25) is 0 Å². The molecule has 5 heteroatoms. The summed E-state index contributed by atoms with van der Waals surface area (Å²) in [5.74, 6) is -0.876. The Bertz CT molecular complexity index is 234. The van der Waals surface area contributed by atoms with Crippen molar-refractivity contribution < 1.29 is 18.8 Å². The number of carboxylic acid groups (broad SMARTS) is 1. The minimum Gasteiger partial charge on any atom is -0.478 e. The van der Waals surface area contributed by atoms with E-state index in [-0.39, 0.29) is 5.54 Å². The molecule has 0 saturated carbocycles. The molecule has 0 radical (unpaired) electrons. The number of aliphatic carboxylic acids is 1. The van der Waals surface area contributed by atoms with Gasteiger partial charge < -0.3 is 14.0 Å². The van der Waals surface area contributed by atoms with E-state index in [1.807, 2.05) is 20.8 Å². The lowest BCUT2D eigenvalue weighted by Gasteiger charge is -2.21. The van der Waals surface area contributed by atoms with Crippen LogP contribution in [0.25, 0.3) is 0 Å². The molecule has 0 amide bonds. The zero-order chi connectivity index (χ0) is 12.6. The van der Waals surface area contributed by atoms with E-state index in [1.54, 1.807) is 13.0 Å². The Morgan fingerprint density at radius 2 is 1.81 bits per heavy atom. The fourth-order valence-electron chi connectivity index (χ4n) is 1.41. The minimum absolute atomic E-state index is 0.121. The van der Waals surface area contributed by atoms with E-state index in [1.165, 1.54) is 0 Å². The van der Waals surface area contributed by atoms with Crippen molar-refractivity contribution in [2.24, 2.45) is 0 Å². The van der Waals surface area contributed by atoms with Gasteiger partial charge in [0.15, 0.2) is 0 Å². The highest BCUT2D eigenvalue weighted by molar-refractivity contribution is 6.47. The second-order valence-electron chi connectivity index (χ2n) is 3.51. The molecule has 94 valence electrons. The number of hydrogen-bond acceptors (Lipinski definition) is 3. The summed E-state index contributed by atoms with van der Waals surface area (Å²) >= 11 is 0. The first-order valence-electron chi connectivity index (χ1n) is 5.71. The molecule has 0 rings (SSSR count). The number of carboxylic acids is 1. The summed E-state index contributed by atoms with van der Waals surface area (Å²) in [4.78, 5) is 10.8. The molecule has 1 N–H and O–H groups in total. The van der Waals surface area contributed by atoms with Gasteiger partial charge in [-0.25, -0.2) is 4.79 Å². The Morgan fingerprint density at radius 1 is 1.31 bits per heavy atom. The molecule has 0 aromatic carbocycles. The van der Waals surface area contributed by atoms with Crippen LogP contribution in [0.4, 0.5) is 0 Å². The van der Waals surface area contributed by atoms with Crippen molar-refractivity contribution in [2.75, 3.05) is 13.2 Å². The summed E-state index contributed by atoms with van der Waals surface area (Å²) in [6.45, 7) is 8.72. The van der Waals surface area contributed by atoms with Crippen LogP contribution < -0.4 is 0 Å². The van der Waals surface area contributed by atoms with Crippen LogP contribution in [0.2, 0.25) is 5.54 Å². The third kappa shape index (κ3) is 5.44. The smallest absolute Gasteiger partial charge is 0.330 e. The average Bonchev–Trinajstić information content (AvgIpc) is 2.25. The lowest BCUT2D eigenvalue weighted by atomic mass is 10.2. The third-order valence-corrected chi connectivity index (χ3v) is 4.97. The second kappa shape index (κ2) is 8.49. The summed E-state index contributed by atoms with van der Waals surface area (Å²) in [6, 6.07) is 0. The van der Waals surface area contributed by atoms with Gasteiger partial charge in [-0.15, -0.1) is 0 Å². The minimum atomic E-state index is -1.79. The maximum absolute atomic E-state index is 10.8. The van der Waals surface area contributed by atoms with Crippen molar-refractivity contribution in [3.05, 3.63) is 11.6 Å². The van der Waals surface area contributed by atoms with Crippen molar-refractivity contribution in [2.45, 2.75) is 39.7 Å². The van der Waals surface area contributed by atoms with Crippen LogP contribution in [-0.4, -0.2) is 33.6 Å². The Hall–Kier alpha value is -0.653. The zero-order valence-corrected chi connectivity index (χ0v) is 11.7. The number of allylic oxidation sites excluding steroid dienone is 1. The highest BCUT2D eigenvalue weighted by atomic mass is 28.3. The van der Waals surface area contributed by atoms with Gasteiger partial charge in [0.05, 0.1) is 0 Å². The maximum Gasteiger partial charge on any atom is 0.330 e. The second-order valence-corrected chi connectivity index (χ2v) is 5.77. The van der Waals surface area contributed by atoms with Gasteiger partial charge >= 0.3 is 15.3 Å². The predicted octanol–water partition coefficient (Wildman–Crippen LogP) is 2.09. The summed E-state index contributed by atoms with van der Waals surface area (Å²) in [6.07, 6.45) is 2.62. The molecule has 1 unspecified atom stereocenters. The topological polar surface area (TPSA) is 55.8 Å². The highest BCUT2D eigenvalue weighted by Gasteiger charge is 2.23. The lowest BCUT2D eigenvalue weighted by Crippen LogP contribution is -2.28. The molecule has 0 spiro atoms. The van der Waals surface area contributed by atoms with Crippen molar-refractivity contribution in [3.8, 4) is 0 Å². The first kappa shape index (κ1) is 15.3. The summed E-state index contributed by atoms with van der Waals surface area (Å²) < 4.78 is 11.2. The molecule has 0 bridgehead atoms. The summed E-state index contributed by atoms with van der Waals surface area (Å²) in [5, 5.41) is 8.83. The Balaban J connectivity index is 4.64. The number of rotatable bonds is 8. The quantitative estimate of drug-likeness (QED) is 0.526. The SMILES string of the molecule is CCO[SiH](OCC)C(C=C(C)C(=O)O)CC. The van der Waals surface area contributed by atoms with Gasteiger partial charge in [0.1, 0.15) is 0 Å². The number of hydrogen-bond donors (Lipinski definition) is 1. The lowest BCUT2D eigenvalue weighted by molar-refractivity contribution is -0.132. The van der Waals surface area contributed by atoms with Crippen LogP contribution in [0.15, 0.2) is 11.6 Å². The van der Waals surface area contributed by atoms with Crippen LogP contribution >= 0.6 is 0 Å². The van der Waals surface area contributed by atoms with E-state index in [9.17, 15) is 4.79 Å². The molecule has 0 fully saturated rings. The van der Waals surface area contributed by atoms with Crippen molar-refractivity contribution >= 4 is 15.3 Å². The van der Waals surface area contributed by atoms with Crippen LogP contribution in [-0.2, 0) is 13.6 Å². The average molecular weight is 246 g/mol. The molecule has 0 heterocycles. The van der Waals surface area contributed by atoms with Gasteiger partial charge in [-0.3, -0.25) is 0 Å². The molecular formula is C11H22O4Si. The van der Waals surface area contributed by atoms with E-state index < -0.39 is 15.3 Å². The van der Waals surface area contributed by atoms with Crippen LogP contribution in [0, 0.1) is 0 Å². The molecule has 0 saturated heterocycles. The third-order valence-electron chi connectivity index (χ3n) is 2.28. The Kier molecular flexibility index (Phi) is 8.15. The highest BCUT2D eigenvalue weighted by Crippen LogP contribution is 2.20. The monoisotopic (exact) mass is 246 g/mol. The molecule has 0 aromatic heterocycles. The van der Waals surface area contributed by atoms with Gasteiger partial charge in [-0.1, -0.05) is 13.0 Å². The number of carbonyl (C=O) groups is 1. The van der Waals surface area contributed by atoms with Crippen molar-refractivity contribution in [1.82, 2.24) is 0 Å². The summed E-state index contributed by atoms with van der Waals surface area (Å²) in [7, 11) is -1.79. The van der Waals surface area contributed by atoms with Crippen LogP contribution in [0.5, 0.6) is 0 Å². The fraction of sp³-hybridized carbons (Fsp3) is 0.727. The van der Waals surface area contributed by atoms with Gasteiger partial charge in [0, 0.05) is 24.3 Å². The molecule has 16 heavy (non-hydrogen) atoms. The maximum atomic E-state index is 10.8. The van der Waals surface area contributed by atoms with Gasteiger partial charge in [-0.05, 0) is 27.2 Å². The van der Waals surface area contributed by atoms with Gasteiger partial charge in [-0.2, -0.15) is 0 Å². The van der Waals surface area contributed by atoms with E-state index in [4.69, 9.17) is 14.0 Å². The van der Waals surface area contributed by atoms with E-state index >= 15 is 0 Å². The Morgan fingerprint density at radius 3 is 2.12 bits per heavy atom. The largest absolute Gasteiger partial charge is 0.478 e. The van der Waals surface area contributed by atoms with E-state index in [2.05, 4.69) is 0 Å². The van der Waals surface area contributed by atoms with Gasteiger partial charge in [0.25, 0.3) is 0 Å². The molecule has 1 atom stereocenters. The first-order valence-corrected chi connectivity index (χ1v) is 7.32. The summed E-state index contributed by atoms with van der Waals surface area (Å²) in [5.41, 5.74) is 0.486. The van der Waals surface area contributed by atoms with E-state index in [0.717, 1.165) is 6.42 Å². The normalized spacial score (nSPS) is 14.2. The molecule has 4 nitrogen and oxygen atoms in total. The van der Waals surface area contributed by atoms with Crippen molar-refractivity contribution in [1.29, 1.82) is 0 Å². The zero-order valence-electron chi connectivity index (χ0n) is 10.5. The molecular weight excluding hydrogens is 224 g/mol. The van der Waals surface area contributed by atoms with Crippen LogP contribution in [0.1, 0.15) is 34.1 Å². The first-order chi connectivity index (χ1) is 7.56. The molecule has 0 aliphatic rings. The fourth-order valence-corrected chi connectivity index (χ4v) is 3.48. The molecule has 0 aromatic rings. The Labute approximate surface area is 99.1 Å².